The number of aromatic nitrogens is 3. The van der Waals surface area contributed by atoms with Crippen LogP contribution in [0, 0.1) is 6.92 Å². The molecule has 1 aromatic carbocycles. The lowest BCUT2D eigenvalue weighted by atomic mass is 10.1. The molecule has 0 aliphatic carbocycles. The summed E-state index contributed by atoms with van der Waals surface area (Å²) in [6, 6.07) is 8.87. The van der Waals surface area contributed by atoms with Crippen molar-refractivity contribution in [3.05, 3.63) is 47.3 Å². The van der Waals surface area contributed by atoms with E-state index in [0.29, 0.717) is 6.04 Å². The molecule has 1 N–H and O–H groups in total. The fraction of sp³-hybridized carbons (Fsp3) is 0.500. The highest BCUT2D eigenvalue weighted by Crippen LogP contribution is 2.15. The van der Waals surface area contributed by atoms with Crippen molar-refractivity contribution in [3.63, 3.8) is 0 Å². The summed E-state index contributed by atoms with van der Waals surface area (Å²) in [5, 5.41) is 11.9. The topological polar surface area (TPSA) is 42.7 Å². The molecule has 0 amide bonds. The number of rotatable bonds is 4. The van der Waals surface area contributed by atoms with Crippen LogP contribution in [0.15, 0.2) is 30.5 Å². The number of nitrogens with zero attached hydrogens (tertiary/aromatic N) is 3. The van der Waals surface area contributed by atoms with Crippen LogP contribution in [-0.2, 0) is 12.1 Å². The number of aryl methyl sites for hydroxylation is 1. The highest BCUT2D eigenvalue weighted by molar-refractivity contribution is 5.24. The van der Waals surface area contributed by atoms with E-state index in [0.717, 1.165) is 12.2 Å². The van der Waals surface area contributed by atoms with E-state index in [-0.39, 0.29) is 5.54 Å². The predicted molar refractivity (Wildman–Crippen MR) is 81.5 cm³/mol. The zero-order valence-corrected chi connectivity index (χ0v) is 13.0. The van der Waals surface area contributed by atoms with E-state index in [2.05, 4.69) is 74.5 Å². The van der Waals surface area contributed by atoms with Gasteiger partial charge in [0.1, 0.15) is 0 Å². The second kappa shape index (κ2) is 5.75. The lowest BCUT2D eigenvalue weighted by Gasteiger charge is -2.17. The maximum atomic E-state index is 4.22. The molecule has 1 atom stereocenters. The van der Waals surface area contributed by atoms with Gasteiger partial charge in [0, 0.05) is 12.6 Å². The molecule has 4 nitrogen and oxygen atoms in total. The van der Waals surface area contributed by atoms with Crippen molar-refractivity contribution >= 4 is 0 Å². The molecule has 0 radical (unpaired) electrons. The van der Waals surface area contributed by atoms with Crippen LogP contribution >= 0.6 is 0 Å². The Balaban J connectivity index is 1.97. The van der Waals surface area contributed by atoms with Gasteiger partial charge in [-0.1, -0.05) is 35.0 Å². The van der Waals surface area contributed by atoms with Crippen molar-refractivity contribution in [2.75, 3.05) is 0 Å². The number of hydrogen-bond donors (Lipinski definition) is 1. The Hall–Kier alpha value is -1.68. The summed E-state index contributed by atoms with van der Waals surface area (Å²) in [6.45, 7) is 11.4. The fourth-order valence-electron chi connectivity index (χ4n) is 2.02. The summed E-state index contributed by atoms with van der Waals surface area (Å²) in [6.07, 6.45) is 2.01. The number of benzene rings is 1. The molecule has 2 rings (SSSR count). The molecule has 0 spiro atoms. The molecule has 0 aliphatic rings. The van der Waals surface area contributed by atoms with E-state index < -0.39 is 0 Å². The molecule has 0 bridgehead atoms. The molecular weight excluding hydrogens is 248 g/mol. The van der Waals surface area contributed by atoms with Crippen molar-refractivity contribution in [1.29, 1.82) is 0 Å². The first-order valence-corrected chi connectivity index (χ1v) is 7.08. The van der Waals surface area contributed by atoms with Gasteiger partial charge in [0.05, 0.1) is 17.4 Å². The summed E-state index contributed by atoms with van der Waals surface area (Å²) in [5.41, 5.74) is 3.54. The Bertz CT molecular complexity index is 566. The van der Waals surface area contributed by atoms with Crippen molar-refractivity contribution in [1.82, 2.24) is 20.3 Å². The minimum absolute atomic E-state index is 0.0204. The third kappa shape index (κ3) is 3.67. The third-order valence-electron chi connectivity index (χ3n) is 3.36. The molecular formula is C16H24N4. The molecule has 0 aliphatic heterocycles. The molecule has 0 fully saturated rings. The maximum absolute atomic E-state index is 4.22. The molecule has 0 unspecified atom stereocenters. The Morgan fingerprint density at radius 1 is 1.30 bits per heavy atom. The van der Waals surface area contributed by atoms with Gasteiger partial charge < -0.3 is 5.32 Å². The average molecular weight is 272 g/mol. The normalized spacial score (nSPS) is 13.4. The van der Waals surface area contributed by atoms with Crippen LogP contribution in [0.5, 0.6) is 0 Å². The van der Waals surface area contributed by atoms with Gasteiger partial charge in [-0.15, -0.1) is 5.10 Å². The average Bonchev–Trinajstić information content (AvgIpc) is 2.84. The van der Waals surface area contributed by atoms with Crippen LogP contribution < -0.4 is 5.32 Å². The zero-order valence-electron chi connectivity index (χ0n) is 13.0. The highest BCUT2D eigenvalue weighted by atomic mass is 15.4. The van der Waals surface area contributed by atoms with Crippen molar-refractivity contribution < 1.29 is 0 Å². The maximum Gasteiger partial charge on any atom is 0.0965 e. The van der Waals surface area contributed by atoms with E-state index in [1.165, 1.54) is 11.1 Å². The van der Waals surface area contributed by atoms with Gasteiger partial charge in [0.2, 0.25) is 0 Å². The zero-order chi connectivity index (χ0) is 14.8. The molecule has 2 aromatic rings. The van der Waals surface area contributed by atoms with Crippen LogP contribution in [0.25, 0.3) is 0 Å². The molecule has 1 aromatic heterocycles. The second-order valence-electron chi connectivity index (χ2n) is 6.34. The molecule has 108 valence electrons. The van der Waals surface area contributed by atoms with E-state index in [1.807, 2.05) is 10.9 Å². The molecule has 1 heterocycles. The van der Waals surface area contributed by atoms with Gasteiger partial charge in [-0.2, -0.15) is 0 Å². The third-order valence-corrected chi connectivity index (χ3v) is 3.36. The summed E-state index contributed by atoms with van der Waals surface area (Å²) >= 11 is 0. The first-order chi connectivity index (χ1) is 9.36. The molecule has 4 heteroatoms. The van der Waals surface area contributed by atoms with E-state index >= 15 is 0 Å². The van der Waals surface area contributed by atoms with Gasteiger partial charge in [-0.25, -0.2) is 4.68 Å². The Labute approximate surface area is 121 Å². The lowest BCUT2D eigenvalue weighted by molar-refractivity contribution is 0.347. The summed E-state index contributed by atoms with van der Waals surface area (Å²) in [5.74, 6) is 0. The van der Waals surface area contributed by atoms with Gasteiger partial charge in [0.15, 0.2) is 0 Å². The minimum Gasteiger partial charge on any atom is -0.304 e. The van der Waals surface area contributed by atoms with Crippen LogP contribution in [0.2, 0.25) is 0 Å². The molecule has 20 heavy (non-hydrogen) atoms. The lowest BCUT2D eigenvalue weighted by Crippen LogP contribution is -2.22. The van der Waals surface area contributed by atoms with E-state index in [4.69, 9.17) is 0 Å². The van der Waals surface area contributed by atoms with E-state index in [1.54, 1.807) is 0 Å². The van der Waals surface area contributed by atoms with Gasteiger partial charge in [-0.3, -0.25) is 0 Å². The summed E-state index contributed by atoms with van der Waals surface area (Å²) < 4.78 is 1.90. The van der Waals surface area contributed by atoms with Gasteiger partial charge in [-0.05, 0) is 40.2 Å². The molecule has 0 saturated carbocycles. The monoisotopic (exact) mass is 272 g/mol. The fourth-order valence-corrected chi connectivity index (χ4v) is 2.02. The number of hydrogen-bond acceptors (Lipinski definition) is 3. The Kier molecular flexibility index (Phi) is 4.23. The van der Waals surface area contributed by atoms with Crippen molar-refractivity contribution in [2.24, 2.45) is 0 Å². The smallest absolute Gasteiger partial charge is 0.0965 e. The quantitative estimate of drug-likeness (QED) is 0.929. The van der Waals surface area contributed by atoms with Crippen LogP contribution in [0.4, 0.5) is 0 Å². The minimum atomic E-state index is -0.0204. The molecule has 0 saturated heterocycles. The van der Waals surface area contributed by atoms with Crippen LogP contribution in [0.3, 0.4) is 0 Å². The summed E-state index contributed by atoms with van der Waals surface area (Å²) in [7, 11) is 0. The Morgan fingerprint density at radius 2 is 2.05 bits per heavy atom. The largest absolute Gasteiger partial charge is 0.304 e. The second-order valence-corrected chi connectivity index (χ2v) is 6.34. The first kappa shape index (κ1) is 14.7. The predicted octanol–water partition coefficient (Wildman–Crippen LogP) is 3.19. The van der Waals surface area contributed by atoms with Crippen LogP contribution in [-0.4, -0.2) is 15.0 Å². The SMILES string of the molecule is Cc1cccc([C@H](C)NCc2cn(C(C)(C)C)nn2)c1. The first-order valence-electron chi connectivity index (χ1n) is 7.08. The highest BCUT2D eigenvalue weighted by Gasteiger charge is 2.15. The van der Waals surface area contributed by atoms with Crippen molar-refractivity contribution in [2.45, 2.75) is 52.7 Å². The Morgan fingerprint density at radius 3 is 2.65 bits per heavy atom. The van der Waals surface area contributed by atoms with Crippen LogP contribution in [0.1, 0.15) is 50.6 Å². The van der Waals surface area contributed by atoms with Gasteiger partial charge >= 0.3 is 0 Å². The van der Waals surface area contributed by atoms with E-state index in [9.17, 15) is 0 Å². The van der Waals surface area contributed by atoms with Crippen molar-refractivity contribution in [3.8, 4) is 0 Å². The summed E-state index contributed by atoms with van der Waals surface area (Å²) in [4.78, 5) is 0. The van der Waals surface area contributed by atoms with Gasteiger partial charge in [0.25, 0.3) is 0 Å². The number of nitrogens with one attached hydrogen (secondary N) is 1. The standard InChI is InChI=1S/C16H24N4/c1-12-7-6-8-14(9-12)13(2)17-10-15-11-20(19-18-15)16(3,4)5/h6-9,11,13,17H,10H2,1-5H3/t13-/m0/s1.